The summed E-state index contributed by atoms with van der Waals surface area (Å²) in [4.78, 5) is 11.9. The van der Waals surface area contributed by atoms with E-state index in [0.29, 0.717) is 5.56 Å². The van der Waals surface area contributed by atoms with Crippen LogP contribution in [-0.2, 0) is 4.79 Å². The maximum atomic E-state index is 11.9. The monoisotopic (exact) mass is 323 g/mol. The Labute approximate surface area is 122 Å². The third-order valence-corrected chi connectivity index (χ3v) is 3.52. The summed E-state index contributed by atoms with van der Waals surface area (Å²) in [6, 6.07) is 7.13. The summed E-state index contributed by atoms with van der Waals surface area (Å²) in [5.74, 6) is -0.0365. The molecule has 0 aliphatic rings. The van der Waals surface area contributed by atoms with E-state index in [4.69, 9.17) is 5.26 Å². The van der Waals surface area contributed by atoms with Gasteiger partial charge in [-0.05, 0) is 54.4 Å². The molecule has 102 valence electrons. The van der Waals surface area contributed by atoms with E-state index in [1.807, 2.05) is 20.8 Å². The molecular weight excluding hydrogens is 306 g/mol. The van der Waals surface area contributed by atoms with Crippen molar-refractivity contribution < 1.29 is 4.79 Å². The van der Waals surface area contributed by atoms with Crippen molar-refractivity contribution in [1.82, 2.24) is 5.32 Å². The Balaban J connectivity index is 2.69. The first-order valence-electron chi connectivity index (χ1n) is 6.24. The number of rotatable bonds is 5. The van der Waals surface area contributed by atoms with Crippen molar-refractivity contribution >= 4 is 27.5 Å². The van der Waals surface area contributed by atoms with Crippen molar-refractivity contribution in [1.29, 1.82) is 5.26 Å². The maximum absolute atomic E-state index is 11.9. The summed E-state index contributed by atoms with van der Waals surface area (Å²) >= 11 is 3.38. The first kappa shape index (κ1) is 15.5. The molecule has 1 aromatic carbocycles. The fraction of sp³-hybridized carbons (Fsp3) is 0.429. The molecule has 2 N–H and O–H groups in total. The molecule has 0 saturated heterocycles. The van der Waals surface area contributed by atoms with Gasteiger partial charge in [-0.1, -0.05) is 6.92 Å². The lowest BCUT2D eigenvalue weighted by atomic mass is 10.2. The van der Waals surface area contributed by atoms with Crippen LogP contribution < -0.4 is 10.6 Å². The van der Waals surface area contributed by atoms with E-state index in [1.54, 1.807) is 18.2 Å². The number of anilines is 1. The largest absolute Gasteiger partial charge is 0.373 e. The lowest BCUT2D eigenvalue weighted by Crippen LogP contribution is -2.41. The van der Waals surface area contributed by atoms with E-state index >= 15 is 0 Å². The van der Waals surface area contributed by atoms with Crippen molar-refractivity contribution in [3.8, 4) is 6.07 Å². The molecule has 0 aliphatic carbocycles. The van der Waals surface area contributed by atoms with Crippen LogP contribution >= 0.6 is 15.9 Å². The number of hydrogen-bond donors (Lipinski definition) is 2. The number of nitriles is 1. The minimum Gasteiger partial charge on any atom is -0.373 e. The molecule has 0 fully saturated rings. The fourth-order valence-corrected chi connectivity index (χ4v) is 1.96. The van der Waals surface area contributed by atoms with Crippen LogP contribution in [0.3, 0.4) is 0 Å². The average molecular weight is 324 g/mol. The third-order valence-electron chi connectivity index (χ3n) is 2.86. The summed E-state index contributed by atoms with van der Waals surface area (Å²) in [6.45, 7) is 5.81. The molecule has 0 radical (unpaired) electrons. The molecule has 0 aliphatic heterocycles. The lowest BCUT2D eigenvalue weighted by Gasteiger charge is -2.19. The summed E-state index contributed by atoms with van der Waals surface area (Å²) < 4.78 is 0.773. The second kappa shape index (κ2) is 7.15. The third kappa shape index (κ3) is 4.56. The number of carbonyl (C=O) groups is 1. The molecule has 19 heavy (non-hydrogen) atoms. The van der Waals surface area contributed by atoms with Crippen LogP contribution in [0.2, 0.25) is 0 Å². The Morgan fingerprint density at radius 2 is 2.16 bits per heavy atom. The summed E-state index contributed by atoms with van der Waals surface area (Å²) in [5, 5.41) is 14.8. The predicted molar refractivity (Wildman–Crippen MR) is 79.8 cm³/mol. The van der Waals surface area contributed by atoms with Gasteiger partial charge in [-0.25, -0.2) is 0 Å². The van der Waals surface area contributed by atoms with Crippen LogP contribution in [0, 0.1) is 11.3 Å². The van der Waals surface area contributed by atoms with Crippen LogP contribution in [-0.4, -0.2) is 18.0 Å². The Hall–Kier alpha value is -1.54. The van der Waals surface area contributed by atoms with Gasteiger partial charge in [0.2, 0.25) is 5.91 Å². The van der Waals surface area contributed by atoms with Crippen LogP contribution in [0.15, 0.2) is 22.7 Å². The second-order valence-electron chi connectivity index (χ2n) is 4.49. The smallest absolute Gasteiger partial charge is 0.242 e. The molecule has 4 nitrogen and oxygen atoms in total. The Bertz CT molecular complexity index is 496. The predicted octanol–water partition coefficient (Wildman–Crippen LogP) is 3.04. The molecule has 5 heteroatoms. The molecule has 1 amide bonds. The molecule has 2 atom stereocenters. The average Bonchev–Trinajstić information content (AvgIpc) is 2.40. The number of nitrogens with zero attached hydrogens (tertiary/aromatic N) is 1. The van der Waals surface area contributed by atoms with E-state index in [-0.39, 0.29) is 18.0 Å². The Morgan fingerprint density at radius 1 is 1.47 bits per heavy atom. The Morgan fingerprint density at radius 3 is 2.68 bits per heavy atom. The number of hydrogen-bond acceptors (Lipinski definition) is 3. The zero-order valence-electron chi connectivity index (χ0n) is 11.3. The van der Waals surface area contributed by atoms with Gasteiger partial charge in [-0.2, -0.15) is 5.26 Å². The maximum Gasteiger partial charge on any atom is 0.242 e. The van der Waals surface area contributed by atoms with Crippen molar-refractivity contribution in [3.05, 3.63) is 28.2 Å². The number of nitrogens with one attached hydrogen (secondary N) is 2. The highest BCUT2D eigenvalue weighted by molar-refractivity contribution is 9.10. The molecule has 1 rings (SSSR count). The fourth-order valence-electron chi connectivity index (χ4n) is 1.47. The second-order valence-corrected chi connectivity index (χ2v) is 5.34. The minimum atomic E-state index is -0.335. The van der Waals surface area contributed by atoms with Crippen molar-refractivity contribution in [2.24, 2.45) is 0 Å². The van der Waals surface area contributed by atoms with Crippen molar-refractivity contribution in [2.45, 2.75) is 39.3 Å². The molecule has 1 aromatic rings. The number of amides is 1. The van der Waals surface area contributed by atoms with E-state index in [0.717, 1.165) is 16.6 Å². The highest BCUT2D eigenvalue weighted by atomic mass is 79.9. The minimum absolute atomic E-state index is 0.0365. The highest BCUT2D eigenvalue weighted by Crippen LogP contribution is 2.24. The van der Waals surface area contributed by atoms with Gasteiger partial charge in [0.15, 0.2) is 0 Å². The number of halogens is 1. The van der Waals surface area contributed by atoms with Crippen LogP contribution in [0.5, 0.6) is 0 Å². The molecule has 0 saturated carbocycles. The van der Waals surface area contributed by atoms with Gasteiger partial charge >= 0.3 is 0 Å². The standard InChI is InChI=1S/C14H18BrN3O/c1-4-9(2)17-14(19)10(3)18-13-6-5-11(8-16)7-12(13)15/h5-7,9-10,18H,4H2,1-3H3,(H,17,19). The first-order valence-corrected chi connectivity index (χ1v) is 7.03. The topological polar surface area (TPSA) is 64.9 Å². The van der Waals surface area contributed by atoms with E-state index in [2.05, 4.69) is 32.6 Å². The first-order chi connectivity index (χ1) is 8.97. The Kier molecular flexibility index (Phi) is 5.84. The van der Waals surface area contributed by atoms with Crippen LogP contribution in [0.25, 0.3) is 0 Å². The zero-order valence-corrected chi connectivity index (χ0v) is 12.9. The zero-order chi connectivity index (χ0) is 14.4. The van der Waals surface area contributed by atoms with Crippen LogP contribution in [0.1, 0.15) is 32.8 Å². The highest BCUT2D eigenvalue weighted by Gasteiger charge is 2.15. The van der Waals surface area contributed by atoms with E-state index in [9.17, 15) is 4.79 Å². The van der Waals surface area contributed by atoms with E-state index < -0.39 is 0 Å². The van der Waals surface area contributed by atoms with Gasteiger partial charge in [-0.15, -0.1) is 0 Å². The van der Waals surface area contributed by atoms with Gasteiger partial charge < -0.3 is 10.6 Å². The number of carbonyl (C=O) groups excluding carboxylic acids is 1. The van der Waals surface area contributed by atoms with Gasteiger partial charge in [0.25, 0.3) is 0 Å². The van der Waals surface area contributed by atoms with Crippen molar-refractivity contribution in [2.75, 3.05) is 5.32 Å². The van der Waals surface area contributed by atoms with Gasteiger partial charge in [0.05, 0.1) is 11.6 Å². The molecule has 2 unspecified atom stereocenters. The molecule has 0 heterocycles. The van der Waals surface area contributed by atoms with E-state index in [1.165, 1.54) is 0 Å². The van der Waals surface area contributed by atoms with Gasteiger partial charge in [0, 0.05) is 16.2 Å². The molecule has 0 spiro atoms. The van der Waals surface area contributed by atoms with Crippen molar-refractivity contribution in [3.63, 3.8) is 0 Å². The van der Waals surface area contributed by atoms with Crippen LogP contribution in [0.4, 0.5) is 5.69 Å². The quantitative estimate of drug-likeness (QED) is 0.875. The van der Waals surface area contributed by atoms with Gasteiger partial charge in [-0.3, -0.25) is 4.79 Å². The summed E-state index contributed by atoms with van der Waals surface area (Å²) in [5.41, 5.74) is 1.37. The SMILES string of the molecule is CCC(C)NC(=O)C(C)Nc1ccc(C#N)cc1Br. The molecule has 0 bridgehead atoms. The normalized spacial score (nSPS) is 13.2. The summed E-state index contributed by atoms with van der Waals surface area (Å²) in [7, 11) is 0. The number of benzene rings is 1. The molecular formula is C14H18BrN3O. The summed E-state index contributed by atoms with van der Waals surface area (Å²) in [6.07, 6.45) is 0.902. The molecule has 0 aromatic heterocycles. The van der Waals surface area contributed by atoms with Gasteiger partial charge in [0.1, 0.15) is 6.04 Å². The lowest BCUT2D eigenvalue weighted by molar-refractivity contribution is -0.122.